The number of benzene rings is 2. The first-order valence-corrected chi connectivity index (χ1v) is 8.24. The summed E-state index contributed by atoms with van der Waals surface area (Å²) in [6.07, 6.45) is 5.08. The molecule has 3 rings (SSSR count). The largest absolute Gasteiger partial charge is 0.378 e. The van der Waals surface area contributed by atoms with E-state index in [1.165, 1.54) is 12.0 Å². The fourth-order valence-corrected chi connectivity index (χ4v) is 3.33. The van der Waals surface area contributed by atoms with Gasteiger partial charge in [-0.05, 0) is 30.5 Å². The Morgan fingerprint density at radius 3 is 2.27 bits per heavy atom. The SMILES string of the molecule is O=C1CCCCCC1C(Nc1ccccc1)c1ccccc1. The second-order valence-electron chi connectivity index (χ2n) is 6.07. The molecule has 1 saturated carbocycles. The number of carbonyl (C=O) groups excluding carboxylic acids is 1. The van der Waals surface area contributed by atoms with Crippen LogP contribution in [0.3, 0.4) is 0 Å². The third kappa shape index (κ3) is 3.56. The lowest BCUT2D eigenvalue weighted by Crippen LogP contribution is -2.27. The Hall–Kier alpha value is -2.09. The van der Waals surface area contributed by atoms with Gasteiger partial charge in [0.25, 0.3) is 0 Å². The lowest BCUT2D eigenvalue weighted by molar-refractivity contribution is -0.123. The van der Waals surface area contributed by atoms with Gasteiger partial charge in [0.15, 0.2) is 0 Å². The number of hydrogen-bond donors (Lipinski definition) is 1. The number of para-hydroxylation sites is 1. The molecule has 0 aliphatic heterocycles. The van der Waals surface area contributed by atoms with Crippen molar-refractivity contribution < 1.29 is 4.79 Å². The topological polar surface area (TPSA) is 29.1 Å². The highest BCUT2D eigenvalue weighted by Gasteiger charge is 2.30. The molecule has 0 aromatic heterocycles. The van der Waals surface area contributed by atoms with Gasteiger partial charge in [0.1, 0.15) is 5.78 Å². The molecule has 2 aromatic rings. The molecule has 1 N–H and O–H groups in total. The minimum absolute atomic E-state index is 0.0641. The molecule has 2 nitrogen and oxygen atoms in total. The first-order chi connectivity index (χ1) is 10.8. The molecule has 1 aliphatic rings. The maximum atomic E-state index is 12.6. The zero-order valence-corrected chi connectivity index (χ0v) is 12.9. The summed E-state index contributed by atoms with van der Waals surface area (Å²) >= 11 is 0. The maximum absolute atomic E-state index is 12.6. The molecule has 1 aliphatic carbocycles. The molecule has 2 aromatic carbocycles. The van der Waals surface area contributed by atoms with Crippen molar-refractivity contribution in [2.75, 3.05) is 5.32 Å². The van der Waals surface area contributed by atoms with Gasteiger partial charge in [-0.15, -0.1) is 0 Å². The van der Waals surface area contributed by atoms with E-state index in [9.17, 15) is 4.79 Å². The van der Waals surface area contributed by atoms with Crippen LogP contribution in [0.2, 0.25) is 0 Å². The second-order valence-corrected chi connectivity index (χ2v) is 6.07. The molecule has 2 heteroatoms. The summed E-state index contributed by atoms with van der Waals surface area (Å²) in [7, 11) is 0. The number of hydrogen-bond acceptors (Lipinski definition) is 2. The zero-order chi connectivity index (χ0) is 15.2. The molecule has 1 fully saturated rings. The summed E-state index contributed by atoms with van der Waals surface area (Å²) in [5.41, 5.74) is 2.28. The van der Waals surface area contributed by atoms with E-state index in [0.29, 0.717) is 5.78 Å². The average Bonchev–Trinajstić information content (AvgIpc) is 2.79. The molecule has 0 heterocycles. The van der Waals surface area contributed by atoms with Gasteiger partial charge in [-0.25, -0.2) is 0 Å². The van der Waals surface area contributed by atoms with E-state index in [-0.39, 0.29) is 12.0 Å². The molecule has 0 radical (unpaired) electrons. The van der Waals surface area contributed by atoms with Crippen LogP contribution in [0.4, 0.5) is 5.69 Å². The zero-order valence-electron chi connectivity index (χ0n) is 12.9. The van der Waals surface area contributed by atoms with E-state index >= 15 is 0 Å². The lowest BCUT2D eigenvalue weighted by Gasteiger charge is -2.27. The summed E-state index contributed by atoms with van der Waals surface area (Å²) < 4.78 is 0. The highest BCUT2D eigenvalue weighted by atomic mass is 16.1. The molecule has 0 amide bonds. The van der Waals surface area contributed by atoms with Crippen molar-refractivity contribution in [2.24, 2.45) is 5.92 Å². The normalized spacial score (nSPS) is 20.2. The van der Waals surface area contributed by atoms with Crippen LogP contribution in [0.25, 0.3) is 0 Å². The average molecular weight is 293 g/mol. The highest BCUT2D eigenvalue weighted by molar-refractivity contribution is 5.82. The van der Waals surface area contributed by atoms with Crippen molar-refractivity contribution in [2.45, 2.75) is 38.1 Å². The summed E-state index contributed by atoms with van der Waals surface area (Å²) in [5, 5.41) is 3.60. The smallest absolute Gasteiger partial charge is 0.138 e. The van der Waals surface area contributed by atoms with Crippen molar-refractivity contribution in [3.63, 3.8) is 0 Å². The molecule has 2 unspecified atom stereocenters. The number of rotatable bonds is 4. The van der Waals surface area contributed by atoms with Crippen molar-refractivity contribution >= 4 is 11.5 Å². The minimum atomic E-state index is 0.0641. The number of nitrogens with one attached hydrogen (secondary N) is 1. The van der Waals surface area contributed by atoms with E-state index in [2.05, 4.69) is 41.7 Å². The molecule has 0 saturated heterocycles. The Labute approximate surface area is 132 Å². The van der Waals surface area contributed by atoms with Crippen molar-refractivity contribution in [1.29, 1.82) is 0 Å². The van der Waals surface area contributed by atoms with Crippen LogP contribution in [0, 0.1) is 5.92 Å². The molecular formula is C20H23NO. The fourth-order valence-electron chi connectivity index (χ4n) is 3.33. The number of anilines is 1. The molecular weight excluding hydrogens is 270 g/mol. The Morgan fingerprint density at radius 2 is 1.55 bits per heavy atom. The highest BCUT2D eigenvalue weighted by Crippen LogP contribution is 2.34. The number of Topliss-reactive ketones (excluding diaryl/α,β-unsaturated/α-hetero) is 1. The van der Waals surface area contributed by atoms with Crippen LogP contribution < -0.4 is 5.32 Å². The molecule has 0 bridgehead atoms. The molecule has 114 valence electrons. The third-order valence-corrected chi connectivity index (χ3v) is 4.51. The lowest BCUT2D eigenvalue weighted by atomic mass is 9.86. The summed E-state index contributed by atoms with van der Waals surface area (Å²) in [4.78, 5) is 12.6. The van der Waals surface area contributed by atoms with Gasteiger partial charge in [0.05, 0.1) is 6.04 Å². The van der Waals surface area contributed by atoms with Gasteiger partial charge in [0.2, 0.25) is 0 Å². The number of ketones is 1. The predicted molar refractivity (Wildman–Crippen MR) is 90.8 cm³/mol. The van der Waals surface area contributed by atoms with Gasteiger partial charge in [-0.3, -0.25) is 4.79 Å². The molecule has 22 heavy (non-hydrogen) atoms. The van der Waals surface area contributed by atoms with Crippen LogP contribution in [0.5, 0.6) is 0 Å². The van der Waals surface area contributed by atoms with Crippen molar-refractivity contribution in [3.8, 4) is 0 Å². The van der Waals surface area contributed by atoms with Gasteiger partial charge in [-0.2, -0.15) is 0 Å². The Bertz CT molecular complexity index is 594. The Kier molecular flexibility index (Phi) is 4.89. The van der Waals surface area contributed by atoms with Gasteiger partial charge in [-0.1, -0.05) is 61.4 Å². The predicted octanol–water partition coefficient (Wildman–Crippen LogP) is 4.99. The summed E-state index contributed by atoms with van der Waals surface area (Å²) in [6, 6.07) is 20.6. The monoisotopic (exact) mass is 293 g/mol. The van der Waals surface area contributed by atoms with E-state index in [4.69, 9.17) is 0 Å². The minimum Gasteiger partial charge on any atom is -0.378 e. The van der Waals surface area contributed by atoms with E-state index in [0.717, 1.165) is 31.4 Å². The Morgan fingerprint density at radius 1 is 0.864 bits per heavy atom. The van der Waals surface area contributed by atoms with Gasteiger partial charge in [0, 0.05) is 18.0 Å². The van der Waals surface area contributed by atoms with E-state index in [1.54, 1.807) is 0 Å². The van der Waals surface area contributed by atoms with Gasteiger partial charge < -0.3 is 5.32 Å². The second kappa shape index (κ2) is 7.26. The maximum Gasteiger partial charge on any atom is 0.138 e. The molecule has 2 atom stereocenters. The van der Waals surface area contributed by atoms with Crippen LogP contribution in [-0.4, -0.2) is 5.78 Å². The van der Waals surface area contributed by atoms with Crippen LogP contribution in [-0.2, 0) is 4.79 Å². The third-order valence-electron chi connectivity index (χ3n) is 4.51. The van der Waals surface area contributed by atoms with Crippen LogP contribution in [0.15, 0.2) is 60.7 Å². The van der Waals surface area contributed by atoms with E-state index in [1.807, 2.05) is 24.3 Å². The van der Waals surface area contributed by atoms with Crippen molar-refractivity contribution in [1.82, 2.24) is 0 Å². The standard InChI is InChI=1S/C20H23NO/c22-19-15-9-3-8-14-18(19)20(16-10-4-1-5-11-16)21-17-12-6-2-7-13-17/h1-2,4-7,10-13,18,20-21H,3,8-9,14-15H2. The summed E-state index contributed by atoms with van der Waals surface area (Å²) in [5.74, 6) is 0.486. The summed E-state index contributed by atoms with van der Waals surface area (Å²) in [6.45, 7) is 0. The molecule has 0 spiro atoms. The Balaban J connectivity index is 1.90. The first-order valence-electron chi connectivity index (χ1n) is 8.24. The van der Waals surface area contributed by atoms with Gasteiger partial charge >= 0.3 is 0 Å². The quantitative estimate of drug-likeness (QED) is 0.805. The van der Waals surface area contributed by atoms with Crippen LogP contribution >= 0.6 is 0 Å². The van der Waals surface area contributed by atoms with Crippen molar-refractivity contribution in [3.05, 3.63) is 66.2 Å². The van der Waals surface area contributed by atoms with E-state index < -0.39 is 0 Å². The first kappa shape index (κ1) is 14.8. The fraction of sp³-hybridized carbons (Fsp3) is 0.350. The number of carbonyl (C=O) groups is 1. The van der Waals surface area contributed by atoms with Crippen LogP contribution in [0.1, 0.15) is 43.7 Å².